The Morgan fingerprint density at radius 2 is 0.346 bits per heavy atom. The first-order valence-corrected chi connectivity index (χ1v) is 27.2. The van der Waals surface area contributed by atoms with Crippen LogP contribution in [0.3, 0.4) is 0 Å². The van der Waals surface area contributed by atoms with Crippen LogP contribution in [0.25, 0.3) is 164 Å². The summed E-state index contributed by atoms with van der Waals surface area (Å²) >= 11 is 0. The summed E-state index contributed by atoms with van der Waals surface area (Å²) in [6.07, 6.45) is 0. The van der Waals surface area contributed by atoms with E-state index >= 15 is 0 Å². The third-order valence-corrected chi connectivity index (χ3v) is 16.8. The quantitative estimate of drug-likeness (QED) is 0.133. The molecule has 0 bridgehead atoms. The Hall–Kier alpha value is -10.1. The van der Waals surface area contributed by atoms with Gasteiger partial charge in [-0.25, -0.2) is 0 Å². The molecule has 0 aliphatic heterocycles. The molecule has 360 valence electrons. The first-order valence-electron chi connectivity index (χ1n) is 27.2. The second kappa shape index (κ2) is 17.7. The fourth-order valence-electron chi connectivity index (χ4n) is 13.6. The molecule has 0 radical (unpaired) electrons. The summed E-state index contributed by atoms with van der Waals surface area (Å²) < 4.78 is 0. The third-order valence-electron chi connectivity index (χ3n) is 16.8. The van der Waals surface area contributed by atoms with Gasteiger partial charge in [-0.05, 0) is 177 Å². The molecule has 0 amide bonds. The predicted octanol–water partition coefficient (Wildman–Crippen LogP) is 22.0. The average molecular weight is 985 g/mol. The highest BCUT2D eigenvalue weighted by molar-refractivity contribution is 6.44. The van der Waals surface area contributed by atoms with Crippen molar-refractivity contribution in [3.63, 3.8) is 0 Å². The van der Waals surface area contributed by atoms with Gasteiger partial charge in [0.1, 0.15) is 0 Å². The van der Waals surface area contributed by atoms with Gasteiger partial charge in [-0.2, -0.15) is 0 Å². The minimum atomic E-state index is 1.21. The van der Waals surface area contributed by atoms with Crippen LogP contribution in [0.2, 0.25) is 0 Å². The number of rotatable bonds is 8. The Morgan fingerprint density at radius 1 is 0.115 bits per heavy atom. The third kappa shape index (κ3) is 6.67. The van der Waals surface area contributed by atoms with Gasteiger partial charge in [-0.3, -0.25) is 0 Å². The highest BCUT2D eigenvalue weighted by Gasteiger charge is 2.27. The molecule has 0 N–H and O–H groups in total. The SMILES string of the molecule is c1ccc(-c2ccccc2-c2ccc(-c3ccccc3-c3ccccc3)c3c4cc5c(cc6c7c(-c8ccccc8-c8ccccc8)ccc(-c8ccccc8-c8ccccc8)c7c7cccc5c76)c5cccc(c23)c54)cc1. The molecular weight excluding hydrogens is 937 g/mol. The van der Waals surface area contributed by atoms with Crippen molar-refractivity contribution >= 4 is 75.4 Å². The van der Waals surface area contributed by atoms with Gasteiger partial charge in [0.15, 0.2) is 0 Å². The molecule has 16 aromatic carbocycles. The Bertz CT molecular complexity index is 4660. The molecule has 0 aliphatic carbocycles. The van der Waals surface area contributed by atoms with E-state index in [-0.39, 0.29) is 0 Å². The molecule has 0 heterocycles. The second-order valence-corrected chi connectivity index (χ2v) is 20.9. The monoisotopic (exact) mass is 984 g/mol. The van der Waals surface area contributed by atoms with Gasteiger partial charge in [0.05, 0.1) is 0 Å². The van der Waals surface area contributed by atoms with Crippen LogP contribution < -0.4 is 0 Å². The lowest BCUT2D eigenvalue weighted by Gasteiger charge is -2.16. The largest absolute Gasteiger partial charge is 0.0622 e. The first-order chi connectivity index (χ1) is 38.8. The number of fused-ring (bicyclic) bond motifs is 9. The van der Waals surface area contributed by atoms with Crippen molar-refractivity contribution in [2.45, 2.75) is 0 Å². The lowest BCUT2D eigenvalue weighted by molar-refractivity contribution is 1.59. The maximum atomic E-state index is 2.57. The number of hydrogen-bond donors (Lipinski definition) is 0. The van der Waals surface area contributed by atoms with Crippen LogP contribution in [0.1, 0.15) is 0 Å². The minimum Gasteiger partial charge on any atom is -0.0622 e. The van der Waals surface area contributed by atoms with Crippen LogP contribution in [0.15, 0.2) is 291 Å². The Morgan fingerprint density at radius 3 is 0.628 bits per heavy atom. The molecular formula is C78H48. The first kappa shape index (κ1) is 44.2. The molecule has 16 aromatic rings. The maximum Gasteiger partial charge on any atom is -0.00134 e. The molecule has 16 rings (SSSR count). The topological polar surface area (TPSA) is 0 Å². The summed E-state index contributed by atoms with van der Waals surface area (Å²) in [7, 11) is 0. The normalized spacial score (nSPS) is 11.8. The van der Waals surface area contributed by atoms with Gasteiger partial charge in [-0.15, -0.1) is 0 Å². The van der Waals surface area contributed by atoms with Crippen LogP contribution in [-0.2, 0) is 0 Å². The molecule has 0 spiro atoms. The average Bonchev–Trinajstić information content (AvgIpc) is 3.52. The highest BCUT2D eigenvalue weighted by atomic mass is 14.3. The number of hydrogen-bond acceptors (Lipinski definition) is 0. The van der Waals surface area contributed by atoms with Crippen LogP contribution in [-0.4, -0.2) is 0 Å². The zero-order valence-corrected chi connectivity index (χ0v) is 42.7. The van der Waals surface area contributed by atoms with Crippen molar-refractivity contribution in [2.75, 3.05) is 0 Å². The maximum absolute atomic E-state index is 2.57. The van der Waals surface area contributed by atoms with E-state index in [1.54, 1.807) is 0 Å². The van der Waals surface area contributed by atoms with Crippen molar-refractivity contribution in [1.82, 2.24) is 0 Å². The summed E-state index contributed by atoms with van der Waals surface area (Å²) in [6, 6.07) is 108. The van der Waals surface area contributed by atoms with E-state index in [0.717, 1.165) is 0 Å². The highest BCUT2D eigenvalue weighted by Crippen LogP contribution is 2.55. The second-order valence-electron chi connectivity index (χ2n) is 20.9. The zero-order chi connectivity index (χ0) is 51.3. The van der Waals surface area contributed by atoms with Crippen molar-refractivity contribution in [3.8, 4) is 89.0 Å². The van der Waals surface area contributed by atoms with Crippen LogP contribution in [0.5, 0.6) is 0 Å². The summed E-state index contributed by atoms with van der Waals surface area (Å²) in [4.78, 5) is 0. The molecule has 0 saturated heterocycles. The van der Waals surface area contributed by atoms with E-state index in [9.17, 15) is 0 Å². The Kier molecular flexibility index (Phi) is 10.0. The van der Waals surface area contributed by atoms with Gasteiger partial charge in [0, 0.05) is 0 Å². The summed E-state index contributed by atoms with van der Waals surface area (Å²) in [5, 5.41) is 18.0. The van der Waals surface area contributed by atoms with Crippen LogP contribution in [0, 0.1) is 0 Å². The van der Waals surface area contributed by atoms with Crippen molar-refractivity contribution in [2.24, 2.45) is 0 Å². The van der Waals surface area contributed by atoms with Crippen LogP contribution >= 0.6 is 0 Å². The van der Waals surface area contributed by atoms with Gasteiger partial charge < -0.3 is 0 Å². The molecule has 78 heavy (non-hydrogen) atoms. The van der Waals surface area contributed by atoms with Gasteiger partial charge in [0.25, 0.3) is 0 Å². The van der Waals surface area contributed by atoms with Gasteiger partial charge >= 0.3 is 0 Å². The fourth-order valence-corrected chi connectivity index (χ4v) is 13.6. The molecule has 0 heteroatoms. The summed E-state index contributed by atoms with van der Waals surface area (Å²) in [5.41, 5.74) is 19.6. The van der Waals surface area contributed by atoms with Crippen LogP contribution in [0.4, 0.5) is 0 Å². The van der Waals surface area contributed by atoms with Gasteiger partial charge in [0.2, 0.25) is 0 Å². The van der Waals surface area contributed by atoms with E-state index in [1.807, 2.05) is 0 Å². The molecule has 0 unspecified atom stereocenters. The molecule has 0 atom stereocenters. The molecule has 0 saturated carbocycles. The minimum absolute atomic E-state index is 1.21. The molecule has 0 aromatic heterocycles. The molecule has 0 fully saturated rings. The predicted molar refractivity (Wildman–Crippen MR) is 335 cm³/mol. The van der Waals surface area contributed by atoms with Crippen molar-refractivity contribution < 1.29 is 0 Å². The lowest BCUT2D eigenvalue weighted by atomic mass is 9.87. The van der Waals surface area contributed by atoms with E-state index < -0.39 is 0 Å². The number of benzene rings is 14. The summed E-state index contributed by atoms with van der Waals surface area (Å²) in [5.74, 6) is 0. The van der Waals surface area contributed by atoms with Crippen molar-refractivity contribution in [3.05, 3.63) is 291 Å². The lowest BCUT2D eigenvalue weighted by Crippen LogP contribution is -1.90. The van der Waals surface area contributed by atoms with E-state index in [0.29, 0.717) is 0 Å². The zero-order valence-electron chi connectivity index (χ0n) is 42.7. The summed E-state index contributed by atoms with van der Waals surface area (Å²) in [6.45, 7) is 0. The van der Waals surface area contributed by atoms with E-state index in [4.69, 9.17) is 0 Å². The smallest absolute Gasteiger partial charge is 0.00134 e. The van der Waals surface area contributed by atoms with Crippen molar-refractivity contribution in [1.29, 1.82) is 0 Å². The van der Waals surface area contributed by atoms with E-state index in [2.05, 4.69) is 291 Å². The molecule has 0 nitrogen and oxygen atoms in total. The Balaban J connectivity index is 1.06. The standard InChI is InChI=1S/C78H48/c1-5-23-49(24-6-1)53-31-13-17-35-57(53)63-43-45-65(59-37-19-15-33-55(59)51-27-9-3-10-28-51)77-71-47-69-62-40-22-42-68-74(62)72(48-70(69)61-39-21-41-67(73(61)71)75(63)77)78-66(60-38-20-16-34-56(60)52-29-11-4-12-30-52)46-44-64(76(68)78)58-36-18-14-32-54(58)50-25-7-2-8-26-50/h1-48H. The Labute approximate surface area is 453 Å². The fraction of sp³-hybridized carbons (Fsp3) is 0. The van der Waals surface area contributed by atoms with E-state index in [1.165, 1.54) is 164 Å². The molecule has 0 aliphatic rings. The van der Waals surface area contributed by atoms with Gasteiger partial charge in [-0.1, -0.05) is 279 Å².